The van der Waals surface area contributed by atoms with Crippen LogP contribution in [-0.4, -0.2) is 30.8 Å². The Kier molecular flexibility index (Phi) is 4.70. The fraction of sp³-hybridized carbons (Fsp3) is 0.105. The summed E-state index contributed by atoms with van der Waals surface area (Å²) in [5.74, 6) is -0.788. The molecular formula is C19H16N2O5. The Morgan fingerprint density at radius 2 is 1.58 bits per heavy atom. The van der Waals surface area contributed by atoms with Gasteiger partial charge in [-0.1, -0.05) is 30.3 Å². The van der Waals surface area contributed by atoms with Crippen molar-refractivity contribution in [3.63, 3.8) is 0 Å². The fourth-order valence-electron chi connectivity index (χ4n) is 2.65. The number of fused-ring (bicyclic) bond motifs is 1. The van der Waals surface area contributed by atoms with Crippen molar-refractivity contribution in [1.29, 1.82) is 0 Å². The van der Waals surface area contributed by atoms with Gasteiger partial charge in [-0.2, -0.15) is 0 Å². The number of ether oxygens (including phenoxy) is 2. The molecule has 7 heteroatoms. The van der Waals surface area contributed by atoms with Gasteiger partial charge in [0.2, 0.25) is 0 Å². The number of carbonyl (C=O) groups is 2. The van der Waals surface area contributed by atoms with Gasteiger partial charge in [0.05, 0.1) is 25.3 Å². The first kappa shape index (κ1) is 17.2. The van der Waals surface area contributed by atoms with Crippen molar-refractivity contribution in [1.82, 2.24) is 4.68 Å². The van der Waals surface area contributed by atoms with Gasteiger partial charge in [0.25, 0.3) is 11.5 Å². The molecule has 3 rings (SSSR count). The number of carbonyl (C=O) groups excluding carboxylic acids is 2. The minimum Gasteiger partial charge on any atom is -0.496 e. The summed E-state index contributed by atoms with van der Waals surface area (Å²) < 4.78 is 10.9. The highest BCUT2D eigenvalue weighted by atomic mass is 16.5. The van der Waals surface area contributed by atoms with Gasteiger partial charge in [-0.05, 0) is 18.2 Å². The number of rotatable bonds is 4. The molecule has 1 aromatic heterocycles. The molecule has 3 aromatic rings. The van der Waals surface area contributed by atoms with Gasteiger partial charge >= 0.3 is 5.97 Å². The quantitative estimate of drug-likeness (QED) is 0.727. The van der Waals surface area contributed by atoms with Crippen molar-refractivity contribution in [2.45, 2.75) is 0 Å². The van der Waals surface area contributed by atoms with Crippen LogP contribution in [0.3, 0.4) is 0 Å². The molecule has 2 aromatic carbocycles. The first-order valence-electron chi connectivity index (χ1n) is 7.74. The van der Waals surface area contributed by atoms with E-state index in [-0.39, 0.29) is 16.5 Å². The Labute approximate surface area is 148 Å². The van der Waals surface area contributed by atoms with E-state index in [4.69, 9.17) is 9.47 Å². The molecule has 0 aliphatic carbocycles. The molecule has 1 N–H and O–H groups in total. The standard InChI is InChI=1S/C19H16N2O5/c1-25-16-10-6-5-9-14(16)17(22)20-21-11-15(19(24)26-2)12-7-3-4-8-13(12)18(21)23/h3-11H,1-2H3,(H,20,22). The number of nitrogens with one attached hydrogen (secondary N) is 1. The van der Waals surface area contributed by atoms with Crippen molar-refractivity contribution >= 4 is 22.6 Å². The topological polar surface area (TPSA) is 86.6 Å². The predicted octanol–water partition coefficient (Wildman–Crippen LogP) is 2.18. The highest BCUT2D eigenvalue weighted by Gasteiger charge is 2.17. The number of nitrogens with zero attached hydrogens (tertiary/aromatic N) is 1. The van der Waals surface area contributed by atoms with E-state index in [1.165, 1.54) is 20.4 Å². The minimum absolute atomic E-state index is 0.169. The number of methoxy groups -OCH3 is 2. The summed E-state index contributed by atoms with van der Waals surface area (Å²) >= 11 is 0. The zero-order chi connectivity index (χ0) is 18.7. The van der Waals surface area contributed by atoms with E-state index in [0.717, 1.165) is 4.68 Å². The van der Waals surface area contributed by atoms with Crippen LogP contribution in [-0.2, 0) is 4.74 Å². The Morgan fingerprint density at radius 1 is 0.923 bits per heavy atom. The van der Waals surface area contributed by atoms with Gasteiger partial charge in [0.15, 0.2) is 0 Å². The van der Waals surface area contributed by atoms with E-state index in [0.29, 0.717) is 11.1 Å². The zero-order valence-electron chi connectivity index (χ0n) is 14.2. The number of hydrogen-bond acceptors (Lipinski definition) is 5. The SMILES string of the molecule is COC(=O)c1cn(NC(=O)c2ccccc2OC)c(=O)c2ccccc12. The molecule has 0 atom stereocenters. The number of amides is 1. The lowest BCUT2D eigenvalue weighted by molar-refractivity contribution is 0.0601. The molecule has 132 valence electrons. The Balaban J connectivity index is 2.11. The average Bonchev–Trinajstić information content (AvgIpc) is 2.69. The summed E-state index contributed by atoms with van der Waals surface area (Å²) in [4.78, 5) is 37.3. The molecule has 0 aliphatic heterocycles. The van der Waals surface area contributed by atoms with Crippen LogP contribution in [0, 0.1) is 0 Å². The smallest absolute Gasteiger partial charge is 0.340 e. The van der Waals surface area contributed by atoms with E-state index in [2.05, 4.69) is 5.43 Å². The van der Waals surface area contributed by atoms with Crippen molar-refractivity contribution in [3.05, 3.63) is 76.2 Å². The van der Waals surface area contributed by atoms with Crippen LogP contribution in [0.15, 0.2) is 59.5 Å². The van der Waals surface area contributed by atoms with Gasteiger partial charge in [-0.15, -0.1) is 0 Å². The summed E-state index contributed by atoms with van der Waals surface area (Å²) in [6.45, 7) is 0. The van der Waals surface area contributed by atoms with Crippen molar-refractivity contribution in [2.75, 3.05) is 19.6 Å². The van der Waals surface area contributed by atoms with Gasteiger partial charge in [-0.25, -0.2) is 9.47 Å². The minimum atomic E-state index is -0.610. The van der Waals surface area contributed by atoms with E-state index in [1.54, 1.807) is 48.5 Å². The fourth-order valence-corrected chi connectivity index (χ4v) is 2.65. The number of esters is 1. The summed E-state index contributed by atoms with van der Waals surface area (Å²) in [5, 5.41) is 0.739. The lowest BCUT2D eigenvalue weighted by atomic mass is 10.1. The van der Waals surface area contributed by atoms with E-state index in [1.807, 2.05) is 0 Å². The Bertz CT molecular complexity index is 1060. The molecule has 0 saturated carbocycles. The molecular weight excluding hydrogens is 336 g/mol. The average molecular weight is 352 g/mol. The second-order valence-electron chi connectivity index (χ2n) is 5.40. The first-order chi connectivity index (χ1) is 12.6. The summed E-state index contributed by atoms with van der Waals surface area (Å²) in [6, 6.07) is 13.2. The highest BCUT2D eigenvalue weighted by molar-refractivity contribution is 6.05. The van der Waals surface area contributed by atoms with Crippen LogP contribution in [0.2, 0.25) is 0 Å². The van der Waals surface area contributed by atoms with Crippen LogP contribution in [0.5, 0.6) is 5.75 Å². The maximum absolute atomic E-state index is 12.7. The number of benzene rings is 2. The second kappa shape index (κ2) is 7.10. The van der Waals surface area contributed by atoms with Crippen LogP contribution < -0.4 is 15.7 Å². The molecule has 0 unspecified atom stereocenters. The van der Waals surface area contributed by atoms with Crippen molar-refractivity contribution in [2.24, 2.45) is 0 Å². The monoisotopic (exact) mass is 352 g/mol. The number of hydrogen-bond donors (Lipinski definition) is 1. The lowest BCUT2D eigenvalue weighted by Gasteiger charge is -2.13. The highest BCUT2D eigenvalue weighted by Crippen LogP contribution is 2.18. The molecule has 1 heterocycles. The predicted molar refractivity (Wildman–Crippen MR) is 96.2 cm³/mol. The van der Waals surface area contributed by atoms with E-state index in [9.17, 15) is 14.4 Å². The molecule has 0 saturated heterocycles. The third-order valence-corrected chi connectivity index (χ3v) is 3.90. The van der Waals surface area contributed by atoms with Gasteiger partial charge in [0.1, 0.15) is 5.75 Å². The lowest BCUT2D eigenvalue weighted by Crippen LogP contribution is -2.34. The molecule has 0 bridgehead atoms. The second-order valence-corrected chi connectivity index (χ2v) is 5.40. The van der Waals surface area contributed by atoms with Crippen molar-refractivity contribution in [3.8, 4) is 5.75 Å². The summed E-state index contributed by atoms with van der Waals surface area (Å²) in [6.07, 6.45) is 1.25. The number of pyridine rings is 1. The van der Waals surface area contributed by atoms with Crippen LogP contribution in [0.1, 0.15) is 20.7 Å². The van der Waals surface area contributed by atoms with Gasteiger partial charge in [-0.3, -0.25) is 15.0 Å². The maximum atomic E-state index is 12.7. The van der Waals surface area contributed by atoms with Gasteiger partial charge < -0.3 is 9.47 Å². The van der Waals surface area contributed by atoms with Crippen LogP contribution in [0.25, 0.3) is 10.8 Å². The number of aromatic nitrogens is 1. The van der Waals surface area contributed by atoms with E-state index >= 15 is 0 Å². The van der Waals surface area contributed by atoms with Crippen LogP contribution >= 0.6 is 0 Å². The summed E-state index contributed by atoms with van der Waals surface area (Å²) in [5.41, 5.74) is 2.46. The first-order valence-corrected chi connectivity index (χ1v) is 7.74. The third-order valence-electron chi connectivity index (χ3n) is 3.90. The Morgan fingerprint density at radius 3 is 2.27 bits per heavy atom. The summed E-state index contributed by atoms with van der Waals surface area (Å²) in [7, 11) is 2.70. The molecule has 0 spiro atoms. The van der Waals surface area contributed by atoms with Gasteiger partial charge in [0, 0.05) is 17.0 Å². The molecule has 0 radical (unpaired) electrons. The maximum Gasteiger partial charge on any atom is 0.340 e. The zero-order valence-corrected chi connectivity index (χ0v) is 14.2. The molecule has 0 fully saturated rings. The Hall–Kier alpha value is -3.61. The van der Waals surface area contributed by atoms with E-state index < -0.39 is 17.4 Å². The molecule has 0 aliphatic rings. The molecule has 1 amide bonds. The molecule has 26 heavy (non-hydrogen) atoms. The third kappa shape index (κ3) is 3.02. The van der Waals surface area contributed by atoms with Crippen LogP contribution in [0.4, 0.5) is 0 Å². The van der Waals surface area contributed by atoms with Crippen molar-refractivity contribution < 1.29 is 19.1 Å². The normalized spacial score (nSPS) is 10.4. The molecule has 7 nitrogen and oxygen atoms in total. The largest absolute Gasteiger partial charge is 0.496 e. The number of para-hydroxylation sites is 1.